The fraction of sp³-hybridized carbons (Fsp3) is 0.462. The molecule has 0 aliphatic heterocycles. The molecule has 7 nitrogen and oxygen atoms in total. The summed E-state index contributed by atoms with van der Waals surface area (Å²) in [7, 11) is -3.82. The van der Waals surface area contributed by atoms with E-state index in [0.717, 1.165) is 16.1 Å². The Balaban J connectivity index is 2.53. The number of halogens is 2. The van der Waals surface area contributed by atoms with Gasteiger partial charge >= 0.3 is 0 Å². The summed E-state index contributed by atoms with van der Waals surface area (Å²) in [5, 5.41) is 3.59. The van der Waals surface area contributed by atoms with E-state index < -0.39 is 28.5 Å². The van der Waals surface area contributed by atoms with Crippen LogP contribution >= 0.6 is 23.2 Å². The van der Waals surface area contributed by atoms with Gasteiger partial charge in [0.15, 0.2) is 0 Å². The average molecular weight is 557 g/mol. The maximum Gasteiger partial charge on any atom is 0.244 e. The molecule has 2 amide bonds. The molecule has 0 bridgehead atoms. The van der Waals surface area contributed by atoms with Crippen molar-refractivity contribution in [1.82, 2.24) is 10.2 Å². The molecule has 0 unspecified atom stereocenters. The lowest BCUT2D eigenvalue weighted by Gasteiger charge is -2.33. The molecule has 0 radical (unpaired) electrons. The molecular formula is C26H35Cl2N3O4S. The summed E-state index contributed by atoms with van der Waals surface area (Å²) in [4.78, 5) is 28.3. The van der Waals surface area contributed by atoms with Crippen LogP contribution in [0.1, 0.15) is 43.9 Å². The van der Waals surface area contributed by atoms with Gasteiger partial charge in [-0.15, -0.1) is 0 Å². The van der Waals surface area contributed by atoms with Crippen molar-refractivity contribution in [2.24, 2.45) is 5.92 Å². The molecule has 0 fully saturated rings. The lowest BCUT2D eigenvalue weighted by atomic mass is 10.1. The molecule has 2 aromatic carbocycles. The third-order valence-corrected chi connectivity index (χ3v) is 7.61. The summed E-state index contributed by atoms with van der Waals surface area (Å²) in [6, 6.07) is 9.57. The van der Waals surface area contributed by atoms with Crippen molar-refractivity contribution < 1.29 is 18.0 Å². The van der Waals surface area contributed by atoms with Crippen molar-refractivity contribution in [2.45, 2.75) is 53.6 Å². The van der Waals surface area contributed by atoms with Gasteiger partial charge in [-0.05, 0) is 55.5 Å². The molecule has 0 saturated heterocycles. The highest BCUT2D eigenvalue weighted by Gasteiger charge is 2.33. The van der Waals surface area contributed by atoms with E-state index in [4.69, 9.17) is 23.2 Å². The lowest BCUT2D eigenvalue weighted by Crippen LogP contribution is -2.52. The van der Waals surface area contributed by atoms with Crippen LogP contribution in [0.3, 0.4) is 0 Å². The van der Waals surface area contributed by atoms with E-state index in [1.54, 1.807) is 38.1 Å². The average Bonchev–Trinajstić information content (AvgIpc) is 2.78. The number of benzene rings is 2. The van der Waals surface area contributed by atoms with Crippen LogP contribution < -0.4 is 9.62 Å². The number of rotatable bonds is 11. The third-order valence-electron chi connectivity index (χ3n) is 5.77. The molecule has 0 aliphatic carbocycles. The van der Waals surface area contributed by atoms with Gasteiger partial charge in [-0.25, -0.2) is 8.42 Å². The van der Waals surface area contributed by atoms with Gasteiger partial charge in [0.1, 0.15) is 12.6 Å². The number of aryl methyl sites for hydroxylation is 2. The van der Waals surface area contributed by atoms with Gasteiger partial charge in [-0.2, -0.15) is 0 Å². The number of anilines is 1. The van der Waals surface area contributed by atoms with Crippen LogP contribution in [0.4, 0.5) is 5.69 Å². The number of nitrogens with one attached hydrogen (secondary N) is 1. The van der Waals surface area contributed by atoms with Gasteiger partial charge < -0.3 is 10.2 Å². The predicted octanol–water partition coefficient (Wildman–Crippen LogP) is 4.96. The van der Waals surface area contributed by atoms with E-state index in [2.05, 4.69) is 5.32 Å². The largest absolute Gasteiger partial charge is 0.354 e. The first kappa shape index (κ1) is 29.9. The van der Waals surface area contributed by atoms with Crippen LogP contribution in [0.5, 0.6) is 0 Å². The topological polar surface area (TPSA) is 86.8 Å². The number of carbonyl (C=O) groups excluding carboxylic acids is 2. The van der Waals surface area contributed by atoms with Gasteiger partial charge in [0.25, 0.3) is 0 Å². The summed E-state index contributed by atoms with van der Waals surface area (Å²) in [6.45, 7) is 9.31. The van der Waals surface area contributed by atoms with E-state index in [0.29, 0.717) is 39.8 Å². The molecule has 2 aromatic rings. The molecule has 0 saturated carbocycles. The van der Waals surface area contributed by atoms with E-state index >= 15 is 0 Å². The molecule has 2 rings (SSSR count). The number of hydrogen-bond acceptors (Lipinski definition) is 4. The van der Waals surface area contributed by atoms with E-state index in [1.165, 1.54) is 4.90 Å². The second-order valence-electron chi connectivity index (χ2n) is 9.34. The zero-order valence-electron chi connectivity index (χ0n) is 21.6. The molecule has 10 heteroatoms. The lowest BCUT2D eigenvalue weighted by molar-refractivity contribution is -0.140. The van der Waals surface area contributed by atoms with Gasteiger partial charge in [0.05, 0.1) is 11.9 Å². The minimum absolute atomic E-state index is 0.0463. The van der Waals surface area contributed by atoms with Crippen molar-refractivity contribution in [2.75, 3.05) is 23.7 Å². The smallest absolute Gasteiger partial charge is 0.244 e. The Morgan fingerprint density at radius 3 is 2.19 bits per heavy atom. The number of amides is 2. The maximum atomic E-state index is 13.8. The van der Waals surface area contributed by atoms with Gasteiger partial charge in [-0.3, -0.25) is 13.9 Å². The minimum Gasteiger partial charge on any atom is -0.354 e. The summed E-state index contributed by atoms with van der Waals surface area (Å²) >= 11 is 12.8. The number of nitrogens with zero attached hydrogens (tertiary/aromatic N) is 2. The Bertz CT molecular complexity index is 1180. The molecule has 0 aliphatic rings. The van der Waals surface area contributed by atoms with Crippen molar-refractivity contribution in [1.29, 1.82) is 0 Å². The molecule has 0 heterocycles. The highest BCUT2D eigenvalue weighted by Crippen LogP contribution is 2.28. The first-order chi connectivity index (χ1) is 16.8. The highest BCUT2D eigenvalue weighted by molar-refractivity contribution is 7.92. The Kier molecular flexibility index (Phi) is 10.6. The quantitative estimate of drug-likeness (QED) is 0.424. The first-order valence-corrected chi connectivity index (χ1v) is 14.4. The zero-order valence-corrected chi connectivity index (χ0v) is 24.0. The molecule has 1 atom stereocenters. The molecule has 198 valence electrons. The Morgan fingerprint density at radius 1 is 1.06 bits per heavy atom. The molecule has 0 spiro atoms. The van der Waals surface area contributed by atoms with Crippen LogP contribution in [0, 0.1) is 19.8 Å². The van der Waals surface area contributed by atoms with Crippen LogP contribution in [-0.4, -0.2) is 50.5 Å². The SMILES string of the molecule is CC[C@H](C(=O)NCC(C)C)N(Cc1c(Cl)cccc1Cl)C(=O)CN(c1cc(C)ccc1C)S(C)(=O)=O. The van der Waals surface area contributed by atoms with E-state index in [1.807, 2.05) is 32.9 Å². The molecular weight excluding hydrogens is 521 g/mol. The van der Waals surface area contributed by atoms with Gasteiger partial charge in [-0.1, -0.05) is 62.2 Å². The van der Waals surface area contributed by atoms with Gasteiger partial charge in [0.2, 0.25) is 21.8 Å². The number of carbonyl (C=O) groups is 2. The summed E-state index contributed by atoms with van der Waals surface area (Å²) in [5.41, 5.74) is 2.47. The van der Waals surface area contributed by atoms with Crippen LogP contribution in [0.2, 0.25) is 10.0 Å². The first-order valence-electron chi connectivity index (χ1n) is 11.8. The van der Waals surface area contributed by atoms with Crippen molar-refractivity contribution in [3.05, 3.63) is 63.1 Å². The Hall–Kier alpha value is -2.29. The minimum atomic E-state index is -3.82. The molecule has 36 heavy (non-hydrogen) atoms. The maximum absolute atomic E-state index is 13.8. The second kappa shape index (κ2) is 12.8. The normalized spacial score (nSPS) is 12.4. The summed E-state index contributed by atoms with van der Waals surface area (Å²) in [5.74, 6) is -0.636. The molecule has 0 aromatic heterocycles. The highest BCUT2D eigenvalue weighted by atomic mass is 35.5. The van der Waals surface area contributed by atoms with E-state index in [9.17, 15) is 18.0 Å². The third kappa shape index (κ3) is 7.85. The van der Waals surface area contributed by atoms with Crippen LogP contribution in [0.15, 0.2) is 36.4 Å². The fourth-order valence-corrected chi connectivity index (χ4v) is 5.19. The fourth-order valence-electron chi connectivity index (χ4n) is 3.78. The van der Waals surface area contributed by atoms with E-state index in [-0.39, 0.29) is 18.4 Å². The van der Waals surface area contributed by atoms with Crippen LogP contribution in [-0.2, 0) is 26.2 Å². The zero-order chi connectivity index (χ0) is 27.2. The Morgan fingerprint density at radius 2 is 1.67 bits per heavy atom. The van der Waals surface area contributed by atoms with Crippen molar-refractivity contribution >= 4 is 50.7 Å². The second-order valence-corrected chi connectivity index (χ2v) is 12.1. The Labute approximate surface area is 224 Å². The predicted molar refractivity (Wildman–Crippen MR) is 147 cm³/mol. The van der Waals surface area contributed by atoms with Crippen LogP contribution in [0.25, 0.3) is 0 Å². The standard InChI is InChI=1S/C26H35Cl2N3O4S/c1-7-23(26(33)29-14-17(2)3)30(15-20-21(27)9-8-10-22(20)28)25(32)16-31(36(6,34)35)24-13-18(4)11-12-19(24)5/h8-13,17,23H,7,14-16H2,1-6H3,(H,29,33)/t23-/m1/s1. The number of sulfonamides is 1. The van der Waals surface area contributed by atoms with Gasteiger partial charge in [0, 0.05) is 28.7 Å². The summed E-state index contributed by atoms with van der Waals surface area (Å²) in [6.07, 6.45) is 1.38. The molecule has 1 N–H and O–H groups in total. The number of hydrogen-bond donors (Lipinski definition) is 1. The van der Waals surface area contributed by atoms with Crippen molar-refractivity contribution in [3.8, 4) is 0 Å². The monoisotopic (exact) mass is 555 g/mol. The van der Waals surface area contributed by atoms with Crippen molar-refractivity contribution in [3.63, 3.8) is 0 Å². The summed E-state index contributed by atoms with van der Waals surface area (Å²) < 4.78 is 26.7.